The molecule has 0 radical (unpaired) electrons. The number of hydrogen-bond donors (Lipinski definition) is 1. The van der Waals surface area contributed by atoms with E-state index in [1.165, 1.54) is 0 Å². The second-order valence-corrected chi connectivity index (χ2v) is 5.48. The fraction of sp³-hybridized carbons (Fsp3) is 0.400. The number of aromatic nitrogens is 2. The van der Waals surface area contributed by atoms with Crippen molar-refractivity contribution in [2.75, 3.05) is 20.8 Å². The first-order valence-corrected chi connectivity index (χ1v) is 7.46. The molecule has 21 heavy (non-hydrogen) atoms. The molecule has 0 spiro atoms. The Morgan fingerprint density at radius 1 is 1.33 bits per heavy atom. The number of nitrogens with zero attached hydrogens (tertiary/aromatic N) is 2. The monoisotopic (exact) mass is 354 g/mol. The van der Waals surface area contributed by atoms with E-state index in [1.54, 1.807) is 25.1 Å². The Morgan fingerprint density at radius 3 is 2.81 bits per heavy atom. The highest BCUT2D eigenvalue weighted by Crippen LogP contribution is 2.29. The minimum absolute atomic E-state index is 0.460. The maximum Gasteiger partial charge on any atom is 0.122 e. The number of aliphatic hydroxyl groups excluding tert-OH is 1. The van der Waals surface area contributed by atoms with Crippen molar-refractivity contribution in [2.24, 2.45) is 0 Å². The van der Waals surface area contributed by atoms with E-state index < -0.39 is 6.10 Å². The molecule has 0 saturated carbocycles. The number of benzene rings is 1. The Bertz CT molecular complexity index is 586. The molecular weight excluding hydrogens is 336 g/mol. The Kier molecular flexibility index (Phi) is 5.78. The predicted octanol–water partition coefficient (Wildman–Crippen LogP) is 2.58. The summed E-state index contributed by atoms with van der Waals surface area (Å²) in [5.41, 5.74) is 1.71. The molecule has 1 unspecified atom stereocenters. The quantitative estimate of drug-likeness (QED) is 0.830. The summed E-state index contributed by atoms with van der Waals surface area (Å²) in [4.78, 5) is 0. The molecule has 1 heterocycles. The largest absolute Gasteiger partial charge is 0.496 e. The van der Waals surface area contributed by atoms with Crippen molar-refractivity contribution in [3.63, 3.8) is 0 Å². The van der Waals surface area contributed by atoms with E-state index >= 15 is 0 Å². The van der Waals surface area contributed by atoms with Crippen LogP contribution in [-0.2, 0) is 17.7 Å². The van der Waals surface area contributed by atoms with Crippen LogP contribution in [0.2, 0.25) is 0 Å². The van der Waals surface area contributed by atoms with E-state index in [1.807, 2.05) is 24.3 Å². The molecule has 0 saturated heterocycles. The molecule has 0 aliphatic heterocycles. The van der Waals surface area contributed by atoms with Gasteiger partial charge < -0.3 is 14.6 Å². The van der Waals surface area contributed by atoms with Crippen LogP contribution in [0.4, 0.5) is 0 Å². The number of rotatable bonds is 7. The normalized spacial score (nSPS) is 12.4. The van der Waals surface area contributed by atoms with Crippen molar-refractivity contribution in [2.45, 2.75) is 19.1 Å². The molecule has 1 aromatic heterocycles. The van der Waals surface area contributed by atoms with E-state index in [2.05, 4.69) is 21.0 Å². The third kappa shape index (κ3) is 3.84. The van der Waals surface area contributed by atoms with Crippen LogP contribution in [0, 0.1) is 0 Å². The molecule has 2 rings (SSSR count). The van der Waals surface area contributed by atoms with Gasteiger partial charge in [-0.1, -0.05) is 18.2 Å². The van der Waals surface area contributed by atoms with Gasteiger partial charge in [0.05, 0.1) is 36.6 Å². The maximum atomic E-state index is 10.6. The predicted molar refractivity (Wildman–Crippen MR) is 83.5 cm³/mol. The van der Waals surface area contributed by atoms with Crippen LogP contribution in [0.1, 0.15) is 17.4 Å². The molecular formula is C15H19BrN2O3. The Morgan fingerprint density at radius 2 is 2.10 bits per heavy atom. The number of hydrogen-bond acceptors (Lipinski definition) is 4. The lowest BCUT2D eigenvalue weighted by Gasteiger charge is -2.16. The van der Waals surface area contributed by atoms with Crippen LogP contribution in [0.25, 0.3) is 0 Å². The van der Waals surface area contributed by atoms with Crippen LogP contribution in [0.3, 0.4) is 0 Å². The van der Waals surface area contributed by atoms with Gasteiger partial charge in [0.25, 0.3) is 0 Å². The molecule has 0 aliphatic rings. The van der Waals surface area contributed by atoms with Crippen molar-refractivity contribution in [3.8, 4) is 5.75 Å². The van der Waals surface area contributed by atoms with Crippen molar-refractivity contribution >= 4 is 15.9 Å². The standard InChI is InChI=1S/C15H19BrN2O3/c1-20-8-7-18-15(12(16)10-17-18)13(19)9-11-5-3-4-6-14(11)21-2/h3-6,10,13,19H,7-9H2,1-2H3. The third-order valence-electron chi connectivity index (χ3n) is 3.26. The highest BCUT2D eigenvalue weighted by atomic mass is 79.9. The molecule has 0 amide bonds. The summed E-state index contributed by atoms with van der Waals surface area (Å²) in [7, 11) is 3.27. The number of ether oxygens (including phenoxy) is 2. The van der Waals surface area contributed by atoms with Crippen molar-refractivity contribution in [1.29, 1.82) is 0 Å². The van der Waals surface area contributed by atoms with Gasteiger partial charge in [-0.2, -0.15) is 5.10 Å². The van der Waals surface area contributed by atoms with Gasteiger partial charge in [0.15, 0.2) is 0 Å². The number of aliphatic hydroxyl groups is 1. The fourth-order valence-corrected chi connectivity index (χ4v) is 2.80. The summed E-state index contributed by atoms with van der Waals surface area (Å²) in [6.07, 6.45) is 1.48. The van der Waals surface area contributed by atoms with Crippen molar-refractivity contribution in [3.05, 3.63) is 46.2 Å². The summed E-state index contributed by atoms with van der Waals surface area (Å²) in [6, 6.07) is 7.68. The summed E-state index contributed by atoms with van der Waals surface area (Å²) in [5, 5.41) is 14.8. The van der Waals surface area contributed by atoms with Crippen molar-refractivity contribution in [1.82, 2.24) is 9.78 Å². The van der Waals surface area contributed by atoms with Crippen LogP contribution in [0.15, 0.2) is 34.9 Å². The minimum Gasteiger partial charge on any atom is -0.496 e. The first kappa shape index (κ1) is 16.0. The van der Waals surface area contributed by atoms with E-state index in [0.29, 0.717) is 19.6 Å². The Hall–Kier alpha value is -1.37. The number of para-hydroxylation sites is 1. The molecule has 0 fully saturated rings. The lowest BCUT2D eigenvalue weighted by Crippen LogP contribution is -2.14. The summed E-state index contributed by atoms with van der Waals surface area (Å²) >= 11 is 3.44. The van der Waals surface area contributed by atoms with E-state index in [-0.39, 0.29) is 0 Å². The second-order valence-electron chi connectivity index (χ2n) is 4.63. The lowest BCUT2D eigenvalue weighted by molar-refractivity contribution is 0.152. The van der Waals surface area contributed by atoms with Crippen molar-refractivity contribution < 1.29 is 14.6 Å². The average Bonchev–Trinajstić information content (AvgIpc) is 2.86. The summed E-state index contributed by atoms with van der Waals surface area (Å²) in [5.74, 6) is 0.774. The van der Waals surface area contributed by atoms with Gasteiger partial charge in [0.1, 0.15) is 11.9 Å². The Balaban J connectivity index is 2.20. The zero-order valence-corrected chi connectivity index (χ0v) is 13.7. The van der Waals surface area contributed by atoms with E-state index in [9.17, 15) is 5.11 Å². The third-order valence-corrected chi connectivity index (χ3v) is 3.87. The highest BCUT2D eigenvalue weighted by molar-refractivity contribution is 9.10. The van der Waals surface area contributed by atoms with Crippen LogP contribution in [0.5, 0.6) is 5.75 Å². The minimum atomic E-state index is -0.671. The number of methoxy groups -OCH3 is 2. The zero-order chi connectivity index (χ0) is 15.2. The highest BCUT2D eigenvalue weighted by Gasteiger charge is 2.19. The summed E-state index contributed by atoms with van der Waals surface area (Å²) in [6.45, 7) is 1.14. The molecule has 1 atom stereocenters. The van der Waals surface area contributed by atoms with Gasteiger partial charge >= 0.3 is 0 Å². The molecule has 0 bridgehead atoms. The Labute approximate surface area is 132 Å². The van der Waals surface area contributed by atoms with Gasteiger partial charge in [-0.15, -0.1) is 0 Å². The fourth-order valence-electron chi connectivity index (χ4n) is 2.24. The van der Waals surface area contributed by atoms with Gasteiger partial charge in [-0.3, -0.25) is 4.68 Å². The summed E-state index contributed by atoms with van der Waals surface area (Å²) < 4.78 is 12.9. The topological polar surface area (TPSA) is 56.5 Å². The smallest absolute Gasteiger partial charge is 0.122 e. The molecule has 114 valence electrons. The van der Waals surface area contributed by atoms with Crippen LogP contribution < -0.4 is 4.74 Å². The first-order valence-electron chi connectivity index (χ1n) is 6.67. The molecule has 2 aromatic rings. The molecule has 0 aliphatic carbocycles. The van der Waals surface area contributed by atoms with Crippen LogP contribution >= 0.6 is 15.9 Å². The van der Waals surface area contributed by atoms with Gasteiger partial charge in [-0.05, 0) is 27.6 Å². The van der Waals surface area contributed by atoms with Gasteiger partial charge in [-0.25, -0.2) is 0 Å². The zero-order valence-electron chi connectivity index (χ0n) is 12.1. The SMILES string of the molecule is COCCn1ncc(Br)c1C(O)Cc1ccccc1OC. The average molecular weight is 355 g/mol. The molecule has 1 aromatic carbocycles. The first-order chi connectivity index (χ1) is 10.2. The lowest BCUT2D eigenvalue weighted by atomic mass is 10.0. The number of halogens is 1. The van der Waals surface area contributed by atoms with Gasteiger partial charge in [0, 0.05) is 13.5 Å². The molecule has 1 N–H and O–H groups in total. The van der Waals surface area contributed by atoms with Crippen LogP contribution in [-0.4, -0.2) is 35.7 Å². The maximum absolute atomic E-state index is 10.6. The van der Waals surface area contributed by atoms with Gasteiger partial charge in [0.2, 0.25) is 0 Å². The molecule has 5 nitrogen and oxygen atoms in total. The van der Waals surface area contributed by atoms with E-state index in [0.717, 1.165) is 21.5 Å². The molecule has 6 heteroatoms. The van der Waals surface area contributed by atoms with E-state index in [4.69, 9.17) is 9.47 Å². The second kappa shape index (κ2) is 7.59.